The number of halogens is 1. The molecule has 1 saturated carbocycles. The highest BCUT2D eigenvalue weighted by atomic mass is 35.5. The molecule has 0 unspecified atom stereocenters. The molecule has 0 spiro atoms. The summed E-state index contributed by atoms with van der Waals surface area (Å²) in [6, 6.07) is 18.1. The molecule has 2 aliphatic rings. The number of hydrogen-bond acceptors (Lipinski definition) is 2. The van der Waals surface area contributed by atoms with Gasteiger partial charge in [-0.1, -0.05) is 35.9 Å². The Balaban J connectivity index is 1.67. The molecule has 0 saturated heterocycles. The molecule has 0 bridgehead atoms. The second-order valence-electron chi connectivity index (χ2n) is 8.04. The molecule has 3 aromatic carbocycles. The summed E-state index contributed by atoms with van der Waals surface area (Å²) in [5, 5.41) is 9.84. The van der Waals surface area contributed by atoms with Crippen LogP contribution in [0.3, 0.4) is 0 Å². The minimum atomic E-state index is -0.998. The molecule has 5 heteroatoms. The topological polar surface area (TPSA) is 57.6 Å². The minimum Gasteiger partial charge on any atom is -0.478 e. The minimum absolute atomic E-state index is 0.144. The van der Waals surface area contributed by atoms with Gasteiger partial charge in [0.1, 0.15) is 0 Å². The van der Waals surface area contributed by atoms with Crippen molar-refractivity contribution in [3.05, 3.63) is 93.5 Å². The first kappa shape index (κ1) is 19.6. The van der Waals surface area contributed by atoms with E-state index >= 15 is 0 Å². The molecule has 31 heavy (non-hydrogen) atoms. The maximum Gasteiger partial charge on any atom is 0.335 e. The third kappa shape index (κ3) is 3.33. The average molecular weight is 430 g/mol. The number of rotatable bonds is 4. The zero-order valence-electron chi connectivity index (χ0n) is 16.9. The van der Waals surface area contributed by atoms with Crippen LogP contribution < -0.4 is 4.90 Å². The van der Waals surface area contributed by atoms with Gasteiger partial charge < -0.3 is 5.11 Å². The number of aromatic carboxylic acids is 1. The van der Waals surface area contributed by atoms with Crippen LogP contribution in [0.25, 0.3) is 11.6 Å². The molecule has 1 aliphatic carbocycles. The lowest BCUT2D eigenvalue weighted by molar-refractivity contribution is -0.112. The van der Waals surface area contributed by atoms with Crippen molar-refractivity contribution in [2.24, 2.45) is 0 Å². The quantitative estimate of drug-likeness (QED) is 0.485. The van der Waals surface area contributed by atoms with Gasteiger partial charge in [-0.3, -0.25) is 9.69 Å². The number of amides is 1. The second-order valence-corrected chi connectivity index (χ2v) is 8.44. The van der Waals surface area contributed by atoms with Crippen molar-refractivity contribution in [3.8, 4) is 0 Å². The smallest absolute Gasteiger partial charge is 0.335 e. The first-order chi connectivity index (χ1) is 15.0. The zero-order valence-corrected chi connectivity index (χ0v) is 17.7. The molecule has 1 amide bonds. The summed E-state index contributed by atoms with van der Waals surface area (Å²) in [6.07, 6.45) is 4.21. The fourth-order valence-electron chi connectivity index (χ4n) is 4.27. The van der Waals surface area contributed by atoms with E-state index in [1.54, 1.807) is 17.0 Å². The maximum absolute atomic E-state index is 13.6. The Labute approximate surface area is 185 Å². The van der Waals surface area contributed by atoms with Gasteiger partial charge in [0.15, 0.2) is 0 Å². The molecule has 1 aliphatic heterocycles. The lowest BCUT2D eigenvalue weighted by atomic mass is 9.96. The van der Waals surface area contributed by atoms with Crippen molar-refractivity contribution in [3.63, 3.8) is 0 Å². The Morgan fingerprint density at radius 2 is 1.77 bits per heavy atom. The van der Waals surface area contributed by atoms with Gasteiger partial charge in [0.25, 0.3) is 5.91 Å². The molecule has 0 atom stereocenters. The SMILES string of the molecule is Cc1cccc2c1C(=Cc1c(Cl)cccc1C1CC1)C(=O)N2c1ccc(C(=O)O)cc1. The maximum atomic E-state index is 13.6. The van der Waals surface area contributed by atoms with Crippen LogP contribution in [-0.4, -0.2) is 17.0 Å². The molecule has 5 rings (SSSR count). The van der Waals surface area contributed by atoms with Crippen molar-refractivity contribution >= 4 is 46.5 Å². The molecule has 1 fully saturated rings. The number of carbonyl (C=O) groups excluding carboxylic acids is 1. The van der Waals surface area contributed by atoms with Crippen molar-refractivity contribution < 1.29 is 14.7 Å². The van der Waals surface area contributed by atoms with Crippen molar-refractivity contribution in [1.82, 2.24) is 0 Å². The fraction of sp³-hybridized carbons (Fsp3) is 0.154. The van der Waals surface area contributed by atoms with Gasteiger partial charge in [-0.15, -0.1) is 0 Å². The van der Waals surface area contributed by atoms with Crippen LogP contribution in [0.4, 0.5) is 11.4 Å². The van der Waals surface area contributed by atoms with Crippen molar-refractivity contribution in [2.75, 3.05) is 4.90 Å². The summed E-state index contributed by atoms with van der Waals surface area (Å²) in [6.45, 7) is 1.99. The van der Waals surface area contributed by atoms with Gasteiger partial charge >= 0.3 is 5.97 Å². The number of nitrogens with zero attached hydrogens (tertiary/aromatic N) is 1. The number of hydrogen-bond donors (Lipinski definition) is 1. The van der Waals surface area contributed by atoms with Crippen LogP contribution in [0, 0.1) is 6.92 Å². The van der Waals surface area contributed by atoms with Crippen LogP contribution in [0.15, 0.2) is 60.7 Å². The van der Waals surface area contributed by atoms with Gasteiger partial charge in [0.2, 0.25) is 0 Å². The van der Waals surface area contributed by atoms with Crippen LogP contribution in [0.2, 0.25) is 5.02 Å². The molecular weight excluding hydrogens is 410 g/mol. The molecule has 4 nitrogen and oxygen atoms in total. The van der Waals surface area contributed by atoms with Crippen molar-refractivity contribution in [1.29, 1.82) is 0 Å². The Bertz CT molecular complexity index is 1260. The summed E-state index contributed by atoms with van der Waals surface area (Å²) in [4.78, 5) is 26.5. The van der Waals surface area contributed by atoms with Crippen LogP contribution in [0.1, 0.15) is 51.4 Å². The summed E-state index contributed by atoms with van der Waals surface area (Å²) in [7, 11) is 0. The number of carbonyl (C=O) groups is 2. The lowest BCUT2D eigenvalue weighted by Gasteiger charge is -2.17. The highest BCUT2D eigenvalue weighted by Crippen LogP contribution is 2.47. The van der Waals surface area contributed by atoms with Crippen LogP contribution in [0.5, 0.6) is 0 Å². The van der Waals surface area contributed by atoms with Gasteiger partial charge in [-0.25, -0.2) is 4.79 Å². The van der Waals surface area contributed by atoms with E-state index in [4.69, 9.17) is 11.6 Å². The Kier molecular flexibility index (Phi) is 4.67. The summed E-state index contributed by atoms with van der Waals surface area (Å²) in [5.74, 6) is -0.644. The molecule has 1 N–H and O–H groups in total. The standard InChI is InChI=1S/C26H20ClNO3/c1-15-4-2-7-23-24(15)21(14-20-19(16-8-9-16)5-3-6-22(20)27)25(29)28(23)18-12-10-17(11-13-18)26(30)31/h2-7,10-14,16H,8-9H2,1H3,(H,30,31). The van der Waals surface area contributed by atoms with Gasteiger partial charge in [-0.05, 0) is 84.8 Å². The normalized spacial score (nSPS) is 16.6. The van der Waals surface area contributed by atoms with E-state index in [0.717, 1.165) is 35.2 Å². The van der Waals surface area contributed by atoms with Crippen molar-refractivity contribution in [2.45, 2.75) is 25.7 Å². The molecule has 0 aromatic heterocycles. The molecule has 0 radical (unpaired) electrons. The highest BCUT2D eigenvalue weighted by Gasteiger charge is 2.35. The number of carboxylic acids is 1. The third-order valence-electron chi connectivity index (χ3n) is 5.96. The largest absolute Gasteiger partial charge is 0.478 e. The third-order valence-corrected chi connectivity index (χ3v) is 6.29. The van der Waals surface area contributed by atoms with Crippen LogP contribution >= 0.6 is 11.6 Å². The first-order valence-corrected chi connectivity index (χ1v) is 10.6. The number of anilines is 2. The summed E-state index contributed by atoms with van der Waals surface area (Å²) >= 11 is 6.57. The Hall–Kier alpha value is -3.37. The fourth-order valence-corrected chi connectivity index (χ4v) is 4.51. The van der Waals surface area contributed by atoms with E-state index in [2.05, 4.69) is 6.07 Å². The number of aryl methyl sites for hydroxylation is 1. The summed E-state index contributed by atoms with van der Waals surface area (Å²) in [5.41, 5.74) is 6.19. The highest BCUT2D eigenvalue weighted by molar-refractivity contribution is 6.39. The average Bonchev–Trinajstić information content (AvgIpc) is 3.55. The zero-order chi connectivity index (χ0) is 21.7. The van der Waals surface area contributed by atoms with E-state index < -0.39 is 5.97 Å². The number of benzene rings is 3. The predicted molar refractivity (Wildman–Crippen MR) is 123 cm³/mol. The van der Waals surface area contributed by atoms with E-state index in [1.165, 1.54) is 17.7 Å². The molecule has 154 valence electrons. The van der Waals surface area contributed by atoms with E-state index in [0.29, 0.717) is 22.2 Å². The van der Waals surface area contributed by atoms with E-state index in [-0.39, 0.29) is 11.5 Å². The lowest BCUT2D eigenvalue weighted by Crippen LogP contribution is -2.20. The monoisotopic (exact) mass is 429 g/mol. The van der Waals surface area contributed by atoms with Gasteiger partial charge in [0.05, 0.1) is 16.8 Å². The molecule has 1 heterocycles. The van der Waals surface area contributed by atoms with E-state index in [9.17, 15) is 14.7 Å². The Morgan fingerprint density at radius 3 is 2.45 bits per heavy atom. The Morgan fingerprint density at radius 1 is 1.06 bits per heavy atom. The number of carboxylic acid groups (broad SMARTS) is 1. The van der Waals surface area contributed by atoms with Crippen LogP contribution in [-0.2, 0) is 4.79 Å². The second kappa shape index (κ2) is 7.40. The van der Waals surface area contributed by atoms with Gasteiger partial charge in [-0.2, -0.15) is 0 Å². The molecule has 3 aromatic rings. The summed E-state index contributed by atoms with van der Waals surface area (Å²) < 4.78 is 0. The van der Waals surface area contributed by atoms with E-state index in [1.807, 2.05) is 43.3 Å². The van der Waals surface area contributed by atoms with Gasteiger partial charge in [0, 0.05) is 16.3 Å². The first-order valence-electron chi connectivity index (χ1n) is 10.2. The number of fused-ring (bicyclic) bond motifs is 1. The molecular formula is C26H20ClNO3. The predicted octanol–water partition coefficient (Wildman–Crippen LogP) is 6.44.